The Morgan fingerprint density at radius 1 is 1.19 bits per heavy atom. The van der Waals surface area contributed by atoms with Gasteiger partial charge in [0.1, 0.15) is 6.04 Å². The average Bonchev–Trinajstić information content (AvgIpc) is 3.11. The fraction of sp³-hybridized carbons (Fsp3) is 0.263. The third kappa shape index (κ3) is 4.12. The molecule has 0 saturated heterocycles. The summed E-state index contributed by atoms with van der Waals surface area (Å²) in [6.07, 6.45) is 3.38. The van der Waals surface area contributed by atoms with E-state index in [1.54, 1.807) is 18.5 Å². The summed E-state index contributed by atoms with van der Waals surface area (Å²) in [7, 11) is 3.81. The van der Waals surface area contributed by atoms with E-state index >= 15 is 0 Å². The Morgan fingerprint density at radius 3 is 2.62 bits per heavy atom. The molecule has 0 fully saturated rings. The van der Waals surface area contributed by atoms with Gasteiger partial charge in [0.05, 0.1) is 12.2 Å². The third-order valence-corrected chi connectivity index (χ3v) is 4.89. The summed E-state index contributed by atoms with van der Waals surface area (Å²) in [6, 6.07) is 9.38. The molecule has 0 spiro atoms. The van der Waals surface area contributed by atoms with Gasteiger partial charge in [-0.05, 0) is 38.2 Å². The van der Waals surface area contributed by atoms with Crippen molar-refractivity contribution in [1.82, 2.24) is 25.2 Å². The average molecular weight is 367 g/mol. The fourth-order valence-electron chi connectivity index (χ4n) is 2.72. The first-order chi connectivity index (χ1) is 12.6. The molecule has 2 heterocycles. The highest BCUT2D eigenvalue weighted by atomic mass is 32.1. The van der Waals surface area contributed by atoms with Crippen LogP contribution in [0.2, 0.25) is 0 Å². The van der Waals surface area contributed by atoms with Crippen LogP contribution in [0.4, 0.5) is 0 Å². The van der Waals surface area contributed by atoms with E-state index in [0.717, 1.165) is 21.8 Å². The highest BCUT2D eigenvalue weighted by Crippen LogP contribution is 2.23. The number of aromatic nitrogens is 3. The second-order valence-electron chi connectivity index (χ2n) is 6.16. The molecule has 0 aliphatic carbocycles. The Morgan fingerprint density at radius 2 is 1.92 bits per heavy atom. The minimum atomic E-state index is -0.341. The number of likely N-dealkylation sites (N-methyl/N-ethyl adjacent to an activating group) is 1. The summed E-state index contributed by atoms with van der Waals surface area (Å²) in [5.41, 5.74) is 2.90. The Hall–Kier alpha value is -2.64. The number of amides is 1. The first-order valence-electron chi connectivity index (χ1n) is 8.27. The molecule has 6 nitrogen and oxygen atoms in total. The molecule has 2 aromatic heterocycles. The Labute approximate surface area is 157 Å². The van der Waals surface area contributed by atoms with Crippen LogP contribution in [0.1, 0.15) is 22.9 Å². The van der Waals surface area contributed by atoms with Crippen molar-refractivity contribution in [2.24, 2.45) is 0 Å². The number of rotatable bonds is 6. The van der Waals surface area contributed by atoms with Crippen LogP contribution in [0.25, 0.3) is 10.8 Å². The molecule has 3 aromatic rings. The number of aryl methyl sites for hydroxylation is 1. The SMILES string of the molecule is Cc1ccccc1[C@@H](C(=O)NCc1csc(-c2ncccn2)n1)N(C)C. The number of nitrogens with zero attached hydrogens (tertiary/aromatic N) is 4. The van der Waals surface area contributed by atoms with E-state index in [-0.39, 0.29) is 11.9 Å². The van der Waals surface area contributed by atoms with Crippen molar-refractivity contribution in [2.75, 3.05) is 14.1 Å². The minimum Gasteiger partial charge on any atom is -0.349 e. The monoisotopic (exact) mass is 367 g/mol. The van der Waals surface area contributed by atoms with E-state index in [1.165, 1.54) is 11.3 Å². The second kappa shape index (κ2) is 8.16. The molecule has 7 heteroatoms. The maximum Gasteiger partial charge on any atom is 0.242 e. The molecule has 0 unspecified atom stereocenters. The van der Waals surface area contributed by atoms with Gasteiger partial charge in [0.15, 0.2) is 10.8 Å². The number of thiazole rings is 1. The van der Waals surface area contributed by atoms with Crippen molar-refractivity contribution < 1.29 is 4.79 Å². The normalized spacial score (nSPS) is 12.2. The van der Waals surface area contributed by atoms with Gasteiger partial charge in [-0.2, -0.15) is 0 Å². The minimum absolute atomic E-state index is 0.0465. The van der Waals surface area contributed by atoms with E-state index < -0.39 is 0 Å². The third-order valence-electron chi connectivity index (χ3n) is 4.00. The number of hydrogen-bond donors (Lipinski definition) is 1. The topological polar surface area (TPSA) is 71.0 Å². The van der Waals surface area contributed by atoms with Gasteiger partial charge in [0, 0.05) is 17.8 Å². The number of nitrogens with one attached hydrogen (secondary N) is 1. The predicted molar refractivity (Wildman–Crippen MR) is 103 cm³/mol. The first-order valence-corrected chi connectivity index (χ1v) is 9.15. The highest BCUT2D eigenvalue weighted by molar-refractivity contribution is 7.13. The van der Waals surface area contributed by atoms with Gasteiger partial charge in [-0.1, -0.05) is 24.3 Å². The number of carbonyl (C=O) groups excluding carboxylic acids is 1. The van der Waals surface area contributed by atoms with E-state index in [4.69, 9.17) is 0 Å². The molecule has 0 aliphatic rings. The number of carbonyl (C=O) groups is 1. The Bertz CT molecular complexity index is 878. The standard InChI is InChI=1S/C19H21N5OS/c1-13-7-4-5-8-15(13)16(24(2)3)18(25)22-11-14-12-26-19(23-14)17-20-9-6-10-21-17/h4-10,12,16H,11H2,1-3H3,(H,22,25)/t16-/m0/s1. The molecule has 0 saturated carbocycles. The lowest BCUT2D eigenvalue weighted by Crippen LogP contribution is -2.37. The molecule has 1 N–H and O–H groups in total. The molecule has 1 amide bonds. The van der Waals surface area contributed by atoms with Crippen molar-refractivity contribution in [1.29, 1.82) is 0 Å². The van der Waals surface area contributed by atoms with Crippen LogP contribution >= 0.6 is 11.3 Å². The van der Waals surface area contributed by atoms with Gasteiger partial charge in [-0.15, -0.1) is 11.3 Å². The Balaban J connectivity index is 1.70. The quantitative estimate of drug-likeness (QED) is 0.725. The van der Waals surface area contributed by atoms with Crippen LogP contribution < -0.4 is 5.32 Å². The zero-order chi connectivity index (χ0) is 18.5. The van der Waals surface area contributed by atoms with Crippen LogP contribution in [0, 0.1) is 6.92 Å². The lowest BCUT2D eigenvalue weighted by atomic mass is 10.00. The molecular weight excluding hydrogens is 346 g/mol. The van der Waals surface area contributed by atoms with E-state index in [2.05, 4.69) is 20.3 Å². The zero-order valence-electron chi connectivity index (χ0n) is 15.0. The van der Waals surface area contributed by atoms with Crippen molar-refractivity contribution in [3.63, 3.8) is 0 Å². The summed E-state index contributed by atoms with van der Waals surface area (Å²) >= 11 is 1.47. The Kier molecular flexibility index (Phi) is 5.70. The second-order valence-corrected chi connectivity index (χ2v) is 7.02. The van der Waals surface area contributed by atoms with Crippen LogP contribution in [0.3, 0.4) is 0 Å². The summed E-state index contributed by atoms with van der Waals surface area (Å²) in [5.74, 6) is 0.552. The van der Waals surface area contributed by atoms with E-state index in [9.17, 15) is 4.79 Å². The molecule has 3 rings (SSSR count). The summed E-state index contributed by atoms with van der Waals surface area (Å²) in [4.78, 5) is 27.6. The van der Waals surface area contributed by atoms with Gasteiger partial charge < -0.3 is 5.32 Å². The van der Waals surface area contributed by atoms with Gasteiger partial charge in [0.25, 0.3) is 0 Å². The van der Waals surface area contributed by atoms with Crippen LogP contribution in [0.15, 0.2) is 48.1 Å². The highest BCUT2D eigenvalue weighted by Gasteiger charge is 2.24. The van der Waals surface area contributed by atoms with Crippen LogP contribution in [-0.2, 0) is 11.3 Å². The maximum atomic E-state index is 12.8. The van der Waals surface area contributed by atoms with E-state index in [0.29, 0.717) is 12.4 Å². The van der Waals surface area contributed by atoms with Gasteiger partial charge in [-0.25, -0.2) is 15.0 Å². The largest absolute Gasteiger partial charge is 0.349 e. The van der Waals surface area contributed by atoms with Crippen LogP contribution in [0.5, 0.6) is 0 Å². The summed E-state index contributed by atoms with van der Waals surface area (Å²) in [5, 5.41) is 5.66. The van der Waals surface area contributed by atoms with Gasteiger partial charge >= 0.3 is 0 Å². The molecule has 1 aromatic carbocycles. The molecule has 0 aliphatic heterocycles. The lowest BCUT2D eigenvalue weighted by Gasteiger charge is -2.25. The van der Waals surface area contributed by atoms with Crippen molar-refractivity contribution in [3.8, 4) is 10.8 Å². The fourth-order valence-corrected chi connectivity index (χ4v) is 3.49. The molecule has 134 valence electrons. The smallest absolute Gasteiger partial charge is 0.242 e. The number of hydrogen-bond acceptors (Lipinski definition) is 6. The molecule has 0 bridgehead atoms. The van der Waals surface area contributed by atoms with Crippen molar-refractivity contribution in [3.05, 3.63) is 64.9 Å². The first kappa shape index (κ1) is 18.2. The van der Waals surface area contributed by atoms with Crippen molar-refractivity contribution >= 4 is 17.2 Å². The summed E-state index contributed by atoms with van der Waals surface area (Å²) in [6.45, 7) is 2.39. The summed E-state index contributed by atoms with van der Waals surface area (Å²) < 4.78 is 0. The predicted octanol–water partition coefficient (Wildman–Crippen LogP) is 2.83. The maximum absolute atomic E-state index is 12.8. The zero-order valence-corrected chi connectivity index (χ0v) is 15.8. The molecule has 0 radical (unpaired) electrons. The molecular formula is C19H21N5OS. The van der Waals surface area contributed by atoms with Gasteiger partial charge in [-0.3, -0.25) is 9.69 Å². The molecule has 1 atom stereocenters. The number of benzene rings is 1. The lowest BCUT2D eigenvalue weighted by molar-refractivity contribution is -0.126. The van der Waals surface area contributed by atoms with E-state index in [1.807, 2.05) is 55.6 Å². The van der Waals surface area contributed by atoms with Crippen molar-refractivity contribution in [2.45, 2.75) is 19.5 Å². The van der Waals surface area contributed by atoms with Crippen LogP contribution in [-0.4, -0.2) is 39.9 Å². The molecule has 26 heavy (non-hydrogen) atoms. The van der Waals surface area contributed by atoms with Gasteiger partial charge in [0.2, 0.25) is 5.91 Å².